The Balaban J connectivity index is 1.74. The van der Waals surface area contributed by atoms with Gasteiger partial charge in [-0.2, -0.15) is 10.1 Å². The average molecular weight is 333 g/mol. The smallest absolute Gasteiger partial charge is 0.244 e. The third-order valence-electron chi connectivity index (χ3n) is 4.08. The number of benzene rings is 2. The number of nitrogens with zero attached hydrogens (tertiary/aromatic N) is 3. The molecule has 0 atom stereocenters. The number of nitrogens with one attached hydrogen (secondary N) is 2. The molecule has 0 aliphatic heterocycles. The van der Waals surface area contributed by atoms with Crippen molar-refractivity contribution in [2.75, 3.05) is 10.6 Å². The Morgan fingerprint density at radius 3 is 2.68 bits per heavy atom. The van der Waals surface area contributed by atoms with Gasteiger partial charge in [0, 0.05) is 12.2 Å². The minimum Gasteiger partial charge on any atom is -0.349 e. The summed E-state index contributed by atoms with van der Waals surface area (Å²) in [7, 11) is 0. The van der Waals surface area contributed by atoms with Crippen LogP contribution in [0.3, 0.4) is 0 Å². The molecule has 0 fully saturated rings. The van der Waals surface area contributed by atoms with Crippen LogP contribution in [-0.2, 0) is 13.0 Å². The number of aromatic nitrogens is 3. The van der Waals surface area contributed by atoms with Crippen molar-refractivity contribution in [1.82, 2.24) is 15.2 Å². The van der Waals surface area contributed by atoms with E-state index in [1.807, 2.05) is 6.07 Å². The summed E-state index contributed by atoms with van der Waals surface area (Å²) in [5, 5.41) is 14.7. The molecule has 2 aromatic carbocycles. The Kier molecular flexibility index (Phi) is 5.23. The first-order valence-electron chi connectivity index (χ1n) is 8.50. The first kappa shape index (κ1) is 16.9. The van der Waals surface area contributed by atoms with Gasteiger partial charge in [0.05, 0.1) is 6.20 Å². The third-order valence-corrected chi connectivity index (χ3v) is 4.08. The largest absolute Gasteiger partial charge is 0.349 e. The first-order chi connectivity index (χ1) is 12.2. The van der Waals surface area contributed by atoms with E-state index in [4.69, 9.17) is 0 Å². The summed E-state index contributed by atoms with van der Waals surface area (Å²) in [6.45, 7) is 6.98. The van der Waals surface area contributed by atoms with Gasteiger partial charge >= 0.3 is 0 Å². The lowest BCUT2D eigenvalue weighted by molar-refractivity contribution is 0.947. The zero-order valence-electron chi connectivity index (χ0n) is 14.9. The molecule has 0 aliphatic carbocycles. The van der Waals surface area contributed by atoms with Crippen molar-refractivity contribution in [3.63, 3.8) is 0 Å². The van der Waals surface area contributed by atoms with Gasteiger partial charge in [-0.05, 0) is 37.0 Å². The highest BCUT2D eigenvalue weighted by atomic mass is 15.3. The second-order valence-corrected chi connectivity index (χ2v) is 6.10. The van der Waals surface area contributed by atoms with Crippen molar-refractivity contribution in [3.05, 3.63) is 70.9 Å². The minimum atomic E-state index is 0.512. The molecule has 0 radical (unpaired) electrons. The number of aryl methyl sites for hydroxylation is 3. The maximum absolute atomic E-state index is 4.53. The summed E-state index contributed by atoms with van der Waals surface area (Å²) in [6, 6.07) is 14.6. The zero-order valence-corrected chi connectivity index (χ0v) is 14.9. The Morgan fingerprint density at radius 1 is 1.04 bits per heavy atom. The average Bonchev–Trinajstić information content (AvgIpc) is 2.62. The van der Waals surface area contributed by atoms with Crippen LogP contribution in [0.15, 0.2) is 48.7 Å². The second-order valence-electron chi connectivity index (χ2n) is 6.10. The van der Waals surface area contributed by atoms with Crippen molar-refractivity contribution < 1.29 is 0 Å². The summed E-state index contributed by atoms with van der Waals surface area (Å²) in [4.78, 5) is 4.53. The Labute approximate surface area is 148 Å². The maximum Gasteiger partial charge on any atom is 0.244 e. The molecular weight excluding hydrogens is 310 g/mol. The van der Waals surface area contributed by atoms with Crippen LogP contribution in [0.2, 0.25) is 0 Å². The Morgan fingerprint density at radius 2 is 1.88 bits per heavy atom. The van der Waals surface area contributed by atoms with Crippen LogP contribution in [-0.4, -0.2) is 15.2 Å². The quantitative estimate of drug-likeness (QED) is 0.700. The summed E-state index contributed by atoms with van der Waals surface area (Å²) in [5.74, 6) is 1.20. The second kappa shape index (κ2) is 7.75. The first-order valence-corrected chi connectivity index (χ1v) is 8.50. The highest BCUT2D eigenvalue weighted by molar-refractivity contribution is 5.64. The molecule has 1 heterocycles. The van der Waals surface area contributed by atoms with E-state index in [1.54, 1.807) is 6.20 Å². The van der Waals surface area contributed by atoms with E-state index in [1.165, 1.54) is 22.3 Å². The van der Waals surface area contributed by atoms with Crippen LogP contribution >= 0.6 is 0 Å². The number of hydrogen-bond acceptors (Lipinski definition) is 5. The fraction of sp³-hybridized carbons (Fsp3) is 0.250. The Hall–Kier alpha value is -2.95. The van der Waals surface area contributed by atoms with Gasteiger partial charge in [-0.1, -0.05) is 55.0 Å². The van der Waals surface area contributed by atoms with E-state index in [0.717, 1.165) is 12.1 Å². The number of anilines is 3. The summed E-state index contributed by atoms with van der Waals surface area (Å²) in [5.41, 5.74) is 5.96. The minimum absolute atomic E-state index is 0.512. The van der Waals surface area contributed by atoms with Gasteiger partial charge < -0.3 is 10.6 Å². The number of hydrogen-bond donors (Lipinski definition) is 2. The molecule has 1 aromatic heterocycles. The van der Waals surface area contributed by atoms with Gasteiger partial charge in [-0.15, -0.1) is 5.10 Å². The van der Waals surface area contributed by atoms with Crippen molar-refractivity contribution >= 4 is 17.5 Å². The molecule has 0 unspecified atom stereocenters. The standard InChI is InChI=1S/C20H23N5/c1-4-17-10-6-8-15(3)19(17)23-18-13-22-25-20(24-18)21-12-16-9-5-7-14(2)11-16/h5-11,13H,4,12H2,1-3H3,(H2,21,23,24,25). The van der Waals surface area contributed by atoms with Gasteiger partial charge in [-0.25, -0.2) is 0 Å². The topological polar surface area (TPSA) is 62.7 Å². The highest BCUT2D eigenvalue weighted by Gasteiger charge is 2.07. The van der Waals surface area contributed by atoms with Crippen molar-refractivity contribution in [1.29, 1.82) is 0 Å². The highest BCUT2D eigenvalue weighted by Crippen LogP contribution is 2.24. The van der Waals surface area contributed by atoms with E-state index in [0.29, 0.717) is 18.3 Å². The summed E-state index contributed by atoms with van der Waals surface area (Å²) < 4.78 is 0. The van der Waals surface area contributed by atoms with Crippen molar-refractivity contribution in [3.8, 4) is 0 Å². The van der Waals surface area contributed by atoms with E-state index < -0.39 is 0 Å². The van der Waals surface area contributed by atoms with Gasteiger partial charge in [0.2, 0.25) is 5.95 Å². The van der Waals surface area contributed by atoms with E-state index in [2.05, 4.69) is 83.0 Å². The molecule has 2 N–H and O–H groups in total. The number of para-hydroxylation sites is 1. The summed E-state index contributed by atoms with van der Waals surface area (Å²) >= 11 is 0. The molecule has 5 heteroatoms. The molecule has 128 valence electrons. The summed E-state index contributed by atoms with van der Waals surface area (Å²) in [6.07, 6.45) is 2.60. The lowest BCUT2D eigenvalue weighted by Crippen LogP contribution is -2.07. The molecule has 0 spiro atoms. The Bertz CT molecular complexity index is 860. The fourth-order valence-electron chi connectivity index (χ4n) is 2.77. The van der Waals surface area contributed by atoms with Gasteiger partial charge in [0.1, 0.15) is 0 Å². The molecular formula is C20H23N5. The van der Waals surface area contributed by atoms with Crippen LogP contribution in [0.4, 0.5) is 17.5 Å². The van der Waals surface area contributed by atoms with Gasteiger partial charge in [0.25, 0.3) is 0 Å². The van der Waals surface area contributed by atoms with Crippen LogP contribution < -0.4 is 10.6 Å². The zero-order chi connectivity index (χ0) is 17.6. The van der Waals surface area contributed by atoms with Crippen molar-refractivity contribution in [2.24, 2.45) is 0 Å². The lowest BCUT2D eigenvalue weighted by Gasteiger charge is -2.13. The van der Waals surface area contributed by atoms with Crippen LogP contribution in [0.1, 0.15) is 29.2 Å². The molecule has 0 bridgehead atoms. The molecule has 3 rings (SSSR count). The predicted octanol–water partition coefficient (Wildman–Crippen LogP) is 4.41. The van der Waals surface area contributed by atoms with E-state index >= 15 is 0 Å². The van der Waals surface area contributed by atoms with E-state index in [-0.39, 0.29) is 0 Å². The molecule has 0 saturated carbocycles. The molecule has 0 amide bonds. The molecule has 5 nitrogen and oxygen atoms in total. The normalized spacial score (nSPS) is 10.5. The molecule has 0 saturated heterocycles. The third kappa shape index (κ3) is 4.32. The van der Waals surface area contributed by atoms with Gasteiger partial charge in [-0.3, -0.25) is 0 Å². The van der Waals surface area contributed by atoms with E-state index in [9.17, 15) is 0 Å². The predicted molar refractivity (Wildman–Crippen MR) is 102 cm³/mol. The number of rotatable bonds is 6. The molecule has 3 aromatic rings. The molecule has 0 aliphatic rings. The van der Waals surface area contributed by atoms with Gasteiger partial charge in [0.15, 0.2) is 5.82 Å². The fourth-order valence-corrected chi connectivity index (χ4v) is 2.77. The van der Waals surface area contributed by atoms with Crippen LogP contribution in [0.25, 0.3) is 0 Å². The molecule has 25 heavy (non-hydrogen) atoms. The van der Waals surface area contributed by atoms with Crippen LogP contribution in [0.5, 0.6) is 0 Å². The maximum atomic E-state index is 4.53. The SMILES string of the molecule is CCc1cccc(C)c1Nc1cnnc(NCc2cccc(C)c2)n1. The monoisotopic (exact) mass is 333 g/mol. The van der Waals surface area contributed by atoms with Crippen molar-refractivity contribution in [2.45, 2.75) is 33.7 Å². The van der Waals surface area contributed by atoms with Crippen LogP contribution in [0, 0.1) is 13.8 Å². The lowest BCUT2D eigenvalue weighted by atomic mass is 10.1.